The molecule has 0 aliphatic heterocycles. The Morgan fingerprint density at radius 1 is 1.42 bits per heavy atom. The van der Waals surface area contributed by atoms with E-state index < -0.39 is 12.0 Å². The highest BCUT2D eigenvalue weighted by molar-refractivity contribution is 7.13. The third kappa shape index (κ3) is 3.25. The first kappa shape index (κ1) is 12.9. The molecule has 1 aromatic rings. The molecule has 2 aliphatic carbocycles. The molecule has 1 heterocycles. The minimum Gasteiger partial charge on any atom is -0.480 e. The molecule has 0 amide bonds. The van der Waals surface area contributed by atoms with Gasteiger partial charge in [0.25, 0.3) is 0 Å². The van der Waals surface area contributed by atoms with Crippen LogP contribution in [-0.2, 0) is 4.79 Å². The third-order valence-corrected chi connectivity index (χ3v) is 4.64. The summed E-state index contributed by atoms with van der Waals surface area (Å²) >= 11 is 1.51. The van der Waals surface area contributed by atoms with Crippen molar-refractivity contribution in [3.8, 4) is 0 Å². The first-order chi connectivity index (χ1) is 9.13. The van der Waals surface area contributed by atoms with E-state index in [1.165, 1.54) is 37.0 Å². The Hall–Kier alpha value is -1.14. The van der Waals surface area contributed by atoms with Crippen molar-refractivity contribution in [2.24, 2.45) is 17.6 Å². The maximum atomic E-state index is 10.9. The number of aromatic nitrogens is 1. The first-order valence-corrected chi connectivity index (χ1v) is 7.70. The molecule has 2 saturated carbocycles. The van der Waals surface area contributed by atoms with Crippen LogP contribution in [0.2, 0.25) is 0 Å². The number of thiazole rings is 1. The monoisotopic (exact) mass is 281 g/mol. The van der Waals surface area contributed by atoms with Gasteiger partial charge in [0.1, 0.15) is 6.04 Å². The van der Waals surface area contributed by atoms with Gasteiger partial charge in [0, 0.05) is 18.5 Å². The summed E-state index contributed by atoms with van der Waals surface area (Å²) in [5, 5.41) is 11.6. The minimum absolute atomic E-state index is 0.476. The van der Waals surface area contributed by atoms with Gasteiger partial charge in [-0.2, -0.15) is 0 Å². The van der Waals surface area contributed by atoms with Crippen LogP contribution >= 0.6 is 11.3 Å². The molecule has 0 saturated heterocycles. The SMILES string of the molecule is NC(C(=O)O)c1csc(N(CC2CC2)CC2CC2)n1. The summed E-state index contributed by atoms with van der Waals surface area (Å²) in [6.45, 7) is 2.12. The summed E-state index contributed by atoms with van der Waals surface area (Å²) in [4.78, 5) is 17.6. The maximum Gasteiger partial charge on any atom is 0.326 e. The lowest BCUT2D eigenvalue weighted by molar-refractivity contribution is -0.138. The van der Waals surface area contributed by atoms with Gasteiger partial charge in [-0.05, 0) is 37.5 Å². The van der Waals surface area contributed by atoms with Crippen molar-refractivity contribution >= 4 is 22.4 Å². The predicted molar refractivity (Wildman–Crippen MR) is 74.3 cm³/mol. The van der Waals surface area contributed by atoms with Gasteiger partial charge in [0.05, 0.1) is 5.69 Å². The molecule has 1 aromatic heterocycles. The van der Waals surface area contributed by atoms with Gasteiger partial charge in [-0.1, -0.05) is 0 Å². The van der Waals surface area contributed by atoms with E-state index in [0.29, 0.717) is 5.69 Å². The molecule has 104 valence electrons. The van der Waals surface area contributed by atoms with Gasteiger partial charge in [0.2, 0.25) is 0 Å². The normalized spacial score (nSPS) is 20.3. The summed E-state index contributed by atoms with van der Waals surface area (Å²) in [5.41, 5.74) is 6.08. The molecule has 0 aromatic carbocycles. The van der Waals surface area contributed by atoms with Crippen LogP contribution in [0.25, 0.3) is 0 Å². The van der Waals surface area contributed by atoms with Crippen LogP contribution in [0.3, 0.4) is 0 Å². The fourth-order valence-electron chi connectivity index (χ4n) is 2.15. The van der Waals surface area contributed by atoms with Crippen LogP contribution in [0.4, 0.5) is 5.13 Å². The number of carboxylic acids is 1. The molecule has 1 unspecified atom stereocenters. The molecule has 3 rings (SSSR count). The van der Waals surface area contributed by atoms with E-state index in [1.807, 2.05) is 0 Å². The Kier molecular flexibility index (Phi) is 3.45. The van der Waals surface area contributed by atoms with Crippen LogP contribution in [0.5, 0.6) is 0 Å². The molecular weight excluding hydrogens is 262 g/mol. The Bertz CT molecular complexity index is 454. The van der Waals surface area contributed by atoms with E-state index in [4.69, 9.17) is 10.8 Å². The number of anilines is 1. The average molecular weight is 281 g/mol. The van der Waals surface area contributed by atoms with Gasteiger partial charge < -0.3 is 15.7 Å². The van der Waals surface area contributed by atoms with E-state index in [1.54, 1.807) is 5.38 Å². The van der Waals surface area contributed by atoms with Crippen LogP contribution in [0.15, 0.2) is 5.38 Å². The Balaban J connectivity index is 1.71. The van der Waals surface area contributed by atoms with Crippen LogP contribution < -0.4 is 10.6 Å². The van der Waals surface area contributed by atoms with E-state index in [2.05, 4.69) is 9.88 Å². The molecule has 0 spiro atoms. The molecule has 1 atom stereocenters. The van der Waals surface area contributed by atoms with Crippen molar-refractivity contribution < 1.29 is 9.90 Å². The fourth-order valence-corrected chi connectivity index (χ4v) is 3.03. The van der Waals surface area contributed by atoms with Crippen molar-refractivity contribution in [1.29, 1.82) is 0 Å². The van der Waals surface area contributed by atoms with Crippen molar-refractivity contribution in [3.63, 3.8) is 0 Å². The summed E-state index contributed by atoms with van der Waals surface area (Å²) < 4.78 is 0. The number of carbonyl (C=O) groups is 1. The zero-order valence-corrected chi connectivity index (χ0v) is 11.6. The predicted octanol–water partition coefficient (Wildman–Crippen LogP) is 1.85. The first-order valence-electron chi connectivity index (χ1n) is 6.82. The van der Waals surface area contributed by atoms with E-state index in [-0.39, 0.29) is 0 Å². The molecule has 2 aliphatic rings. The molecular formula is C13H19N3O2S. The van der Waals surface area contributed by atoms with Crippen molar-refractivity contribution in [3.05, 3.63) is 11.1 Å². The van der Waals surface area contributed by atoms with Crippen molar-refractivity contribution in [2.45, 2.75) is 31.7 Å². The van der Waals surface area contributed by atoms with Crippen LogP contribution in [-0.4, -0.2) is 29.1 Å². The lowest BCUT2D eigenvalue weighted by Gasteiger charge is -2.21. The third-order valence-electron chi connectivity index (χ3n) is 3.72. The molecule has 19 heavy (non-hydrogen) atoms. The van der Waals surface area contributed by atoms with Crippen LogP contribution in [0, 0.1) is 11.8 Å². The zero-order chi connectivity index (χ0) is 13.4. The van der Waals surface area contributed by atoms with Gasteiger partial charge in [-0.3, -0.25) is 4.79 Å². The molecule has 6 heteroatoms. The summed E-state index contributed by atoms with van der Waals surface area (Å²) in [6, 6.07) is -1.01. The average Bonchev–Trinajstić information content (AvgIpc) is 3.30. The number of carboxylic acid groups (broad SMARTS) is 1. The highest BCUT2D eigenvalue weighted by atomic mass is 32.1. The van der Waals surface area contributed by atoms with Gasteiger partial charge in [0.15, 0.2) is 5.13 Å². The number of nitrogens with two attached hydrogens (primary N) is 1. The smallest absolute Gasteiger partial charge is 0.326 e. The Morgan fingerprint density at radius 3 is 2.47 bits per heavy atom. The van der Waals surface area contributed by atoms with Crippen molar-refractivity contribution in [2.75, 3.05) is 18.0 Å². The quantitative estimate of drug-likeness (QED) is 0.797. The minimum atomic E-state index is -1.02. The second-order valence-electron chi connectivity index (χ2n) is 5.66. The van der Waals surface area contributed by atoms with Gasteiger partial charge in [-0.15, -0.1) is 11.3 Å². The maximum absolute atomic E-state index is 10.9. The fraction of sp³-hybridized carbons (Fsp3) is 0.692. The summed E-state index contributed by atoms with van der Waals surface area (Å²) in [7, 11) is 0. The van der Waals surface area contributed by atoms with Crippen molar-refractivity contribution in [1.82, 2.24) is 4.98 Å². The lowest BCUT2D eigenvalue weighted by Crippen LogP contribution is -2.28. The highest BCUT2D eigenvalue weighted by Gasteiger charge is 2.31. The number of aliphatic carboxylic acids is 1. The molecule has 0 bridgehead atoms. The van der Waals surface area contributed by atoms with E-state index >= 15 is 0 Å². The Labute approximate surface area is 116 Å². The van der Waals surface area contributed by atoms with E-state index in [9.17, 15) is 4.79 Å². The molecule has 0 radical (unpaired) electrons. The zero-order valence-electron chi connectivity index (χ0n) is 10.8. The number of hydrogen-bond acceptors (Lipinski definition) is 5. The number of hydrogen-bond donors (Lipinski definition) is 2. The largest absolute Gasteiger partial charge is 0.480 e. The Morgan fingerprint density at radius 2 is 2.00 bits per heavy atom. The summed E-state index contributed by atoms with van der Waals surface area (Å²) in [6.07, 6.45) is 5.25. The number of rotatable bonds is 7. The second-order valence-corrected chi connectivity index (χ2v) is 6.50. The number of nitrogens with zero attached hydrogens (tertiary/aromatic N) is 2. The van der Waals surface area contributed by atoms with Crippen LogP contribution in [0.1, 0.15) is 37.4 Å². The van der Waals surface area contributed by atoms with E-state index in [0.717, 1.165) is 30.1 Å². The summed E-state index contributed by atoms with van der Waals surface area (Å²) in [5.74, 6) is 0.589. The highest BCUT2D eigenvalue weighted by Crippen LogP contribution is 2.36. The topological polar surface area (TPSA) is 79.5 Å². The standard InChI is InChI=1S/C13H19N3O2S/c14-11(12(17)18)10-7-19-13(15-10)16(5-8-1-2-8)6-9-3-4-9/h7-9,11H,1-6,14H2,(H,17,18). The van der Waals surface area contributed by atoms with Gasteiger partial charge >= 0.3 is 5.97 Å². The molecule has 5 nitrogen and oxygen atoms in total. The lowest BCUT2D eigenvalue weighted by atomic mass is 10.2. The molecule has 2 fully saturated rings. The second kappa shape index (κ2) is 5.09. The van der Waals surface area contributed by atoms with Gasteiger partial charge in [-0.25, -0.2) is 4.98 Å². The molecule has 3 N–H and O–H groups in total.